The molecule has 0 bridgehead atoms. The topological polar surface area (TPSA) is 24.4 Å². The third-order valence-electron chi connectivity index (χ3n) is 4.17. The van der Waals surface area contributed by atoms with Crippen LogP contribution in [-0.2, 0) is 0 Å². The second kappa shape index (κ2) is 12.1. The van der Waals surface area contributed by atoms with E-state index in [0.29, 0.717) is 0 Å². The molecule has 3 aromatic carbocycles. The Morgan fingerprint density at radius 2 is 1.29 bits per heavy atom. The zero-order chi connectivity index (χ0) is 20.2. The summed E-state index contributed by atoms with van der Waals surface area (Å²) in [4.78, 5) is 0. The van der Waals surface area contributed by atoms with Gasteiger partial charge in [0.2, 0.25) is 0 Å². The first-order valence-electron chi connectivity index (χ1n) is 10.1. The van der Waals surface area contributed by atoms with Gasteiger partial charge in [0.15, 0.2) is 0 Å². The minimum Gasteiger partial charge on any atom is -0.310 e. The summed E-state index contributed by atoms with van der Waals surface area (Å²) in [6.07, 6.45) is 0.908. The maximum atomic E-state index is 4.55. The first-order chi connectivity index (χ1) is 13.8. The van der Waals surface area contributed by atoms with Gasteiger partial charge in [0.1, 0.15) is 0 Å². The van der Waals surface area contributed by atoms with E-state index < -0.39 is 7.92 Å². The number of hydrogen-bond donors (Lipinski definition) is 1. The first kappa shape index (κ1) is 21.9. The maximum absolute atomic E-state index is 4.55. The zero-order valence-electron chi connectivity index (χ0n) is 17.4. The molecule has 146 valence electrons. The SMILES string of the molecule is CC.CCN/N=C(\CC)c1cccc(P(c2ccccc2)c2ccccc2)c1. The van der Waals surface area contributed by atoms with Crippen molar-refractivity contribution in [2.45, 2.75) is 34.1 Å². The van der Waals surface area contributed by atoms with Gasteiger partial charge in [0.25, 0.3) is 0 Å². The molecule has 0 radical (unpaired) electrons. The molecule has 0 aliphatic heterocycles. The average molecular weight is 391 g/mol. The molecular weight excluding hydrogens is 359 g/mol. The molecule has 3 rings (SSSR count). The van der Waals surface area contributed by atoms with Crippen LogP contribution in [0.2, 0.25) is 0 Å². The van der Waals surface area contributed by atoms with E-state index in [1.807, 2.05) is 13.8 Å². The van der Waals surface area contributed by atoms with Crippen LogP contribution in [0.1, 0.15) is 39.7 Å². The molecule has 0 amide bonds. The van der Waals surface area contributed by atoms with Gasteiger partial charge < -0.3 is 5.43 Å². The Kier molecular flexibility index (Phi) is 9.45. The van der Waals surface area contributed by atoms with Gasteiger partial charge in [-0.15, -0.1) is 0 Å². The van der Waals surface area contributed by atoms with E-state index in [4.69, 9.17) is 0 Å². The van der Waals surface area contributed by atoms with E-state index in [-0.39, 0.29) is 0 Å². The summed E-state index contributed by atoms with van der Waals surface area (Å²) >= 11 is 0. The fraction of sp³-hybridized carbons (Fsp3) is 0.240. The van der Waals surface area contributed by atoms with Crippen molar-refractivity contribution in [3.05, 3.63) is 90.5 Å². The minimum absolute atomic E-state index is 0.580. The van der Waals surface area contributed by atoms with Gasteiger partial charge in [-0.1, -0.05) is 99.6 Å². The van der Waals surface area contributed by atoms with Crippen molar-refractivity contribution >= 4 is 29.5 Å². The highest BCUT2D eigenvalue weighted by Crippen LogP contribution is 2.32. The van der Waals surface area contributed by atoms with Crippen molar-refractivity contribution in [2.75, 3.05) is 6.54 Å². The van der Waals surface area contributed by atoms with Crippen molar-refractivity contribution in [2.24, 2.45) is 5.10 Å². The Balaban J connectivity index is 0.00000136. The lowest BCUT2D eigenvalue weighted by Crippen LogP contribution is -2.21. The molecule has 0 heterocycles. The van der Waals surface area contributed by atoms with Crippen molar-refractivity contribution in [3.8, 4) is 0 Å². The van der Waals surface area contributed by atoms with E-state index >= 15 is 0 Å². The van der Waals surface area contributed by atoms with Gasteiger partial charge >= 0.3 is 0 Å². The number of nitrogens with one attached hydrogen (secondary N) is 1. The third kappa shape index (κ3) is 5.78. The summed E-state index contributed by atoms with van der Waals surface area (Å²) in [6.45, 7) is 9.06. The molecule has 28 heavy (non-hydrogen) atoms. The average Bonchev–Trinajstić information content (AvgIpc) is 2.78. The molecule has 3 heteroatoms. The second-order valence-corrected chi connectivity index (χ2v) is 8.20. The molecule has 0 saturated carbocycles. The van der Waals surface area contributed by atoms with Gasteiger partial charge in [-0.25, -0.2) is 0 Å². The van der Waals surface area contributed by atoms with E-state index in [1.165, 1.54) is 21.5 Å². The lowest BCUT2D eigenvalue weighted by molar-refractivity contribution is 0.779. The maximum Gasteiger partial charge on any atom is 0.0672 e. The lowest BCUT2D eigenvalue weighted by Gasteiger charge is -2.20. The van der Waals surface area contributed by atoms with Crippen LogP contribution in [0, 0.1) is 0 Å². The van der Waals surface area contributed by atoms with Crippen molar-refractivity contribution in [3.63, 3.8) is 0 Å². The van der Waals surface area contributed by atoms with Crippen LogP contribution in [0.15, 0.2) is 90.0 Å². The molecule has 3 aromatic rings. The van der Waals surface area contributed by atoms with Crippen LogP contribution >= 0.6 is 7.92 Å². The highest BCUT2D eigenvalue weighted by molar-refractivity contribution is 7.79. The van der Waals surface area contributed by atoms with Gasteiger partial charge in [-0.05, 0) is 48.8 Å². The Morgan fingerprint density at radius 3 is 1.79 bits per heavy atom. The van der Waals surface area contributed by atoms with Crippen LogP contribution in [0.3, 0.4) is 0 Å². The Morgan fingerprint density at radius 1 is 0.750 bits per heavy atom. The standard InChI is InChI=1S/C23H25N2P.C2H6/c1-3-23(25-24-4-2)19-12-11-17-22(18-19)26(20-13-7-5-8-14-20)21-15-9-6-10-16-21;1-2/h5-18,24H,3-4H2,1-2H3;1-2H3/b25-23+;. The summed E-state index contributed by atoms with van der Waals surface area (Å²) in [5.74, 6) is 0. The third-order valence-corrected chi connectivity index (χ3v) is 6.60. The normalized spacial score (nSPS) is 11.0. The number of hydrazone groups is 1. The summed E-state index contributed by atoms with van der Waals surface area (Å²) in [5.41, 5.74) is 5.40. The molecule has 2 nitrogen and oxygen atoms in total. The Labute approximate surface area is 171 Å². The molecular formula is C25H31N2P. The lowest BCUT2D eigenvalue weighted by atomic mass is 10.1. The molecule has 1 N–H and O–H groups in total. The number of benzene rings is 3. The number of nitrogens with zero attached hydrogens (tertiary/aromatic N) is 1. The zero-order valence-corrected chi connectivity index (χ0v) is 18.3. The second-order valence-electron chi connectivity index (χ2n) is 5.98. The monoisotopic (exact) mass is 390 g/mol. The quantitative estimate of drug-likeness (QED) is 0.335. The molecule has 0 fully saturated rings. The number of hydrogen-bond acceptors (Lipinski definition) is 2. The smallest absolute Gasteiger partial charge is 0.0672 e. The van der Waals surface area contributed by atoms with Crippen LogP contribution in [0.4, 0.5) is 0 Å². The van der Waals surface area contributed by atoms with Crippen LogP contribution in [0.5, 0.6) is 0 Å². The van der Waals surface area contributed by atoms with Crippen LogP contribution in [-0.4, -0.2) is 12.3 Å². The highest BCUT2D eigenvalue weighted by Gasteiger charge is 2.17. The van der Waals surface area contributed by atoms with E-state index in [2.05, 4.69) is 109 Å². The van der Waals surface area contributed by atoms with Crippen molar-refractivity contribution in [1.29, 1.82) is 0 Å². The highest BCUT2D eigenvalue weighted by atomic mass is 31.1. The summed E-state index contributed by atoms with van der Waals surface area (Å²) < 4.78 is 0. The largest absolute Gasteiger partial charge is 0.310 e. The molecule has 0 aromatic heterocycles. The number of rotatable bonds is 7. The predicted octanol–water partition coefficient (Wildman–Crippen LogP) is 5.19. The molecule has 0 aliphatic rings. The summed E-state index contributed by atoms with van der Waals surface area (Å²) in [6, 6.07) is 30.5. The molecule has 0 spiro atoms. The van der Waals surface area contributed by atoms with Gasteiger partial charge in [0.05, 0.1) is 5.71 Å². The molecule has 0 saturated heterocycles. The predicted molar refractivity (Wildman–Crippen MR) is 127 cm³/mol. The van der Waals surface area contributed by atoms with Crippen molar-refractivity contribution in [1.82, 2.24) is 5.43 Å². The van der Waals surface area contributed by atoms with E-state index in [1.54, 1.807) is 0 Å². The first-order valence-corrected chi connectivity index (χ1v) is 11.5. The van der Waals surface area contributed by atoms with Crippen molar-refractivity contribution < 1.29 is 0 Å². The van der Waals surface area contributed by atoms with Crippen LogP contribution in [0.25, 0.3) is 0 Å². The van der Waals surface area contributed by atoms with Gasteiger partial charge in [-0.2, -0.15) is 5.10 Å². The Bertz CT molecular complexity index is 805. The fourth-order valence-electron chi connectivity index (χ4n) is 2.95. The minimum atomic E-state index is -0.580. The summed E-state index contributed by atoms with van der Waals surface area (Å²) in [5, 5.41) is 8.64. The van der Waals surface area contributed by atoms with Gasteiger partial charge in [0, 0.05) is 6.54 Å². The van der Waals surface area contributed by atoms with E-state index in [0.717, 1.165) is 18.7 Å². The summed E-state index contributed by atoms with van der Waals surface area (Å²) in [7, 11) is -0.580. The fourth-order valence-corrected chi connectivity index (χ4v) is 5.29. The van der Waals surface area contributed by atoms with E-state index in [9.17, 15) is 0 Å². The molecule has 0 unspecified atom stereocenters. The van der Waals surface area contributed by atoms with Gasteiger partial charge in [-0.3, -0.25) is 0 Å². The Hall–Kier alpha value is -2.44. The molecule has 0 atom stereocenters. The van der Waals surface area contributed by atoms with Crippen LogP contribution < -0.4 is 21.3 Å². The molecule has 0 aliphatic carbocycles.